The molecule has 0 aromatic heterocycles. The number of unbranched alkanes of at least 4 members (excludes halogenated alkanes) is 2. The first-order valence-corrected chi connectivity index (χ1v) is 15.2. The van der Waals surface area contributed by atoms with Crippen molar-refractivity contribution in [2.24, 2.45) is 16.6 Å². The molecule has 1 aliphatic heterocycles. The van der Waals surface area contributed by atoms with E-state index in [1.807, 2.05) is 38.1 Å². The lowest BCUT2D eigenvalue weighted by molar-refractivity contribution is -0.120. The Morgan fingerprint density at radius 3 is 2.15 bits per heavy atom. The molecule has 1 saturated heterocycles. The van der Waals surface area contributed by atoms with Crippen molar-refractivity contribution < 1.29 is 14.4 Å². The fraction of sp³-hybridized carbons (Fsp3) is 0.625. The molecule has 1 fully saturated rings. The van der Waals surface area contributed by atoms with Gasteiger partial charge in [0.1, 0.15) is 11.5 Å². The van der Waals surface area contributed by atoms with Crippen molar-refractivity contribution >= 4 is 34.9 Å². The number of benzene rings is 1. The van der Waals surface area contributed by atoms with E-state index < -0.39 is 0 Å². The quantitative estimate of drug-likeness (QED) is 0.134. The standard InChI is InChI=1S/C21H32ClN3O.C6H11NO.C5H10O/c1-4-7-8-14-24-19(6-3)18(9-5-2)20(23)21(26)25-15-16-10-12-17(22)13-11-16;1-2-5-3-4-6(8)7-5;1-4(2)5(3)6/h10-13H,4-9,14-15,23H2,1-3H3,(H,25,26);5H,2-4H2,1H3,(H,7,8);4H,1-3H3/b20-18-,24-19?;;. The second kappa shape index (κ2) is 22.1. The summed E-state index contributed by atoms with van der Waals surface area (Å²) in [5.74, 6) is 0.454. The predicted molar refractivity (Wildman–Crippen MR) is 169 cm³/mol. The summed E-state index contributed by atoms with van der Waals surface area (Å²) < 4.78 is 0. The van der Waals surface area contributed by atoms with Gasteiger partial charge in [-0.2, -0.15) is 0 Å². The van der Waals surface area contributed by atoms with Gasteiger partial charge >= 0.3 is 0 Å². The van der Waals surface area contributed by atoms with E-state index in [9.17, 15) is 14.4 Å². The first-order valence-electron chi connectivity index (χ1n) is 14.8. The third-order valence-electron chi connectivity index (χ3n) is 6.57. The number of allylic oxidation sites excluding steroid dienone is 1. The molecule has 1 unspecified atom stereocenters. The molecule has 4 N–H and O–H groups in total. The number of carbonyl (C=O) groups is 3. The number of hydrogen-bond acceptors (Lipinski definition) is 5. The molecule has 1 heterocycles. The fourth-order valence-electron chi connectivity index (χ4n) is 3.68. The smallest absolute Gasteiger partial charge is 0.267 e. The van der Waals surface area contributed by atoms with Crippen molar-refractivity contribution in [3.63, 3.8) is 0 Å². The number of amides is 2. The summed E-state index contributed by atoms with van der Waals surface area (Å²) in [5.41, 5.74) is 9.33. The molecule has 2 amide bonds. The van der Waals surface area contributed by atoms with Crippen molar-refractivity contribution in [3.8, 4) is 0 Å². The van der Waals surface area contributed by atoms with Crippen LogP contribution in [0.25, 0.3) is 0 Å². The van der Waals surface area contributed by atoms with Gasteiger partial charge in [0.2, 0.25) is 5.91 Å². The molecule has 2 rings (SSSR count). The van der Waals surface area contributed by atoms with E-state index >= 15 is 0 Å². The van der Waals surface area contributed by atoms with Crippen LogP contribution in [0, 0.1) is 5.92 Å². The minimum Gasteiger partial charge on any atom is -0.394 e. The number of halogens is 1. The van der Waals surface area contributed by atoms with Crippen molar-refractivity contribution in [1.29, 1.82) is 0 Å². The van der Waals surface area contributed by atoms with Gasteiger partial charge in [0.15, 0.2) is 0 Å². The highest BCUT2D eigenvalue weighted by atomic mass is 35.5. The zero-order valence-electron chi connectivity index (χ0n) is 25.9. The molecule has 0 aliphatic carbocycles. The average molecular weight is 577 g/mol. The van der Waals surface area contributed by atoms with Crippen molar-refractivity contribution in [2.45, 2.75) is 119 Å². The molecule has 40 heavy (non-hydrogen) atoms. The minimum absolute atomic E-state index is 0.213. The maximum Gasteiger partial charge on any atom is 0.267 e. The molecule has 1 atom stereocenters. The molecule has 226 valence electrons. The average Bonchev–Trinajstić information content (AvgIpc) is 3.37. The molecule has 7 nitrogen and oxygen atoms in total. The van der Waals surface area contributed by atoms with Gasteiger partial charge in [-0.1, -0.05) is 84.5 Å². The van der Waals surface area contributed by atoms with Crippen LogP contribution in [0.1, 0.15) is 112 Å². The van der Waals surface area contributed by atoms with Gasteiger partial charge in [-0.3, -0.25) is 19.4 Å². The van der Waals surface area contributed by atoms with Crippen LogP contribution in [-0.4, -0.2) is 35.9 Å². The van der Waals surface area contributed by atoms with Crippen LogP contribution in [-0.2, 0) is 20.9 Å². The normalized spacial score (nSPS) is 15.3. The Hall–Kier alpha value is -2.67. The second-order valence-electron chi connectivity index (χ2n) is 10.3. The van der Waals surface area contributed by atoms with E-state index in [1.54, 1.807) is 6.92 Å². The molecular weight excluding hydrogens is 524 g/mol. The summed E-state index contributed by atoms with van der Waals surface area (Å²) in [6.45, 7) is 15.0. The SMILES string of the molecule is CC(=O)C(C)C.CCC1CCC(=O)N1.CCCCCN=C(CC)/C(CCC)=C(\N)C(=O)NCc1ccc(Cl)cc1. The number of carbonyl (C=O) groups excluding carboxylic acids is 3. The molecule has 8 heteroatoms. The summed E-state index contributed by atoms with van der Waals surface area (Å²) in [4.78, 5) is 37.9. The number of nitrogens with zero attached hydrogens (tertiary/aromatic N) is 1. The minimum atomic E-state index is -0.238. The van der Waals surface area contributed by atoms with Gasteiger partial charge in [0, 0.05) is 47.8 Å². The van der Waals surface area contributed by atoms with Crippen LogP contribution in [0.3, 0.4) is 0 Å². The van der Waals surface area contributed by atoms with Crippen LogP contribution in [0.2, 0.25) is 5.02 Å². The third-order valence-corrected chi connectivity index (χ3v) is 6.83. The van der Waals surface area contributed by atoms with Crippen LogP contribution in [0.15, 0.2) is 40.5 Å². The number of rotatable bonds is 13. The number of nitrogens with two attached hydrogens (primary N) is 1. The highest BCUT2D eigenvalue weighted by molar-refractivity contribution is 6.30. The summed E-state index contributed by atoms with van der Waals surface area (Å²) in [5, 5.41) is 6.43. The zero-order valence-corrected chi connectivity index (χ0v) is 26.6. The maximum atomic E-state index is 12.5. The Labute approximate surface area is 247 Å². The molecule has 0 bridgehead atoms. The maximum absolute atomic E-state index is 12.5. The molecule has 1 aliphatic rings. The van der Waals surface area contributed by atoms with Gasteiger partial charge in [0.05, 0.1) is 0 Å². The first kappa shape index (κ1) is 37.3. The van der Waals surface area contributed by atoms with Crippen LogP contribution in [0.4, 0.5) is 0 Å². The molecule has 0 spiro atoms. The van der Waals surface area contributed by atoms with Crippen LogP contribution >= 0.6 is 11.6 Å². The Kier molecular flexibility index (Phi) is 20.6. The van der Waals surface area contributed by atoms with Crippen molar-refractivity contribution in [2.75, 3.05) is 6.54 Å². The monoisotopic (exact) mass is 576 g/mol. The lowest BCUT2D eigenvalue weighted by Gasteiger charge is -2.14. The molecule has 1 aromatic carbocycles. The molecule has 1 aromatic rings. The molecule has 0 radical (unpaired) electrons. The number of aliphatic imine (C=N–C) groups is 1. The number of ketones is 1. The van der Waals surface area contributed by atoms with E-state index in [2.05, 4.69) is 38.3 Å². The van der Waals surface area contributed by atoms with Gasteiger partial charge in [-0.05, 0) is 56.7 Å². The van der Waals surface area contributed by atoms with E-state index in [4.69, 9.17) is 22.3 Å². The van der Waals surface area contributed by atoms with Gasteiger partial charge in [-0.15, -0.1) is 0 Å². The van der Waals surface area contributed by atoms with Gasteiger partial charge < -0.3 is 16.4 Å². The number of hydrogen-bond donors (Lipinski definition) is 3. The van der Waals surface area contributed by atoms with E-state index in [0.29, 0.717) is 17.6 Å². The lowest BCUT2D eigenvalue weighted by Crippen LogP contribution is -2.30. The Balaban J connectivity index is 0.000000879. The van der Waals surface area contributed by atoms with Crippen molar-refractivity contribution in [3.05, 3.63) is 46.1 Å². The molecular formula is C32H53ClN4O3. The van der Waals surface area contributed by atoms with E-state index in [-0.39, 0.29) is 29.2 Å². The topological polar surface area (TPSA) is 114 Å². The zero-order chi connectivity index (χ0) is 30.5. The van der Waals surface area contributed by atoms with E-state index in [1.165, 1.54) is 12.8 Å². The summed E-state index contributed by atoms with van der Waals surface area (Å²) >= 11 is 5.89. The summed E-state index contributed by atoms with van der Waals surface area (Å²) in [6.07, 6.45) is 8.73. The fourth-order valence-corrected chi connectivity index (χ4v) is 3.81. The highest BCUT2D eigenvalue weighted by Crippen LogP contribution is 2.15. The predicted octanol–water partition coefficient (Wildman–Crippen LogP) is 6.92. The Morgan fingerprint density at radius 2 is 1.73 bits per heavy atom. The Morgan fingerprint density at radius 1 is 1.10 bits per heavy atom. The Bertz CT molecular complexity index is 955. The summed E-state index contributed by atoms with van der Waals surface area (Å²) in [7, 11) is 0. The first-order chi connectivity index (χ1) is 19.0. The van der Waals surface area contributed by atoms with Crippen molar-refractivity contribution in [1.82, 2.24) is 10.6 Å². The molecule has 0 saturated carbocycles. The largest absolute Gasteiger partial charge is 0.394 e. The summed E-state index contributed by atoms with van der Waals surface area (Å²) in [6, 6.07) is 7.87. The highest BCUT2D eigenvalue weighted by Gasteiger charge is 2.18. The van der Waals surface area contributed by atoms with Crippen LogP contribution in [0.5, 0.6) is 0 Å². The third kappa shape index (κ3) is 16.4. The number of Topliss-reactive ketones (excluding diaryl/α,β-unsaturated/α-hetero) is 1. The van der Waals surface area contributed by atoms with Crippen LogP contribution < -0.4 is 16.4 Å². The van der Waals surface area contributed by atoms with Gasteiger partial charge in [0.25, 0.3) is 5.91 Å². The number of nitrogens with one attached hydrogen (secondary N) is 2. The van der Waals surface area contributed by atoms with Gasteiger partial charge in [-0.25, -0.2) is 0 Å². The second-order valence-corrected chi connectivity index (χ2v) is 10.8. The van der Waals surface area contributed by atoms with E-state index in [0.717, 1.165) is 68.3 Å². The lowest BCUT2D eigenvalue weighted by atomic mass is 10.00.